The second kappa shape index (κ2) is 8.16. The van der Waals surface area contributed by atoms with Crippen LogP contribution in [0.5, 0.6) is 0 Å². The first-order chi connectivity index (χ1) is 13.7. The first-order valence-electron chi connectivity index (χ1n) is 8.87. The van der Waals surface area contributed by atoms with E-state index in [4.69, 9.17) is 0 Å². The van der Waals surface area contributed by atoms with E-state index >= 15 is 0 Å². The van der Waals surface area contributed by atoms with Gasteiger partial charge in [-0.25, -0.2) is 17.2 Å². The van der Waals surface area contributed by atoms with Gasteiger partial charge in [-0.15, -0.1) is 0 Å². The third kappa shape index (κ3) is 4.54. The molecule has 29 heavy (non-hydrogen) atoms. The Morgan fingerprint density at radius 1 is 1.03 bits per heavy atom. The maximum absolute atomic E-state index is 13.6. The number of hydrogen-bond acceptors (Lipinski definition) is 3. The molecule has 0 saturated heterocycles. The molecule has 8 heteroatoms. The topological polar surface area (TPSA) is 66.5 Å². The SMILES string of the molecule is C[C@@H](C(=O)NCc1cccc2ccccc12)N(c1ccc(F)c(F)c1)S(C)(=O)=O. The molecule has 152 valence electrons. The van der Waals surface area contributed by atoms with Gasteiger partial charge in [-0.2, -0.15) is 0 Å². The van der Waals surface area contributed by atoms with Gasteiger partial charge < -0.3 is 5.32 Å². The van der Waals surface area contributed by atoms with Gasteiger partial charge in [-0.1, -0.05) is 42.5 Å². The van der Waals surface area contributed by atoms with Crippen molar-refractivity contribution in [2.24, 2.45) is 0 Å². The highest BCUT2D eigenvalue weighted by Gasteiger charge is 2.29. The highest BCUT2D eigenvalue weighted by atomic mass is 32.2. The van der Waals surface area contributed by atoms with Gasteiger partial charge in [-0.3, -0.25) is 9.10 Å². The Morgan fingerprint density at radius 2 is 1.72 bits per heavy atom. The minimum Gasteiger partial charge on any atom is -0.350 e. The average molecular weight is 418 g/mol. The lowest BCUT2D eigenvalue weighted by atomic mass is 10.0. The van der Waals surface area contributed by atoms with Crippen molar-refractivity contribution >= 4 is 32.4 Å². The van der Waals surface area contributed by atoms with Crippen LogP contribution in [0.1, 0.15) is 12.5 Å². The van der Waals surface area contributed by atoms with Crippen molar-refractivity contribution < 1.29 is 22.0 Å². The monoisotopic (exact) mass is 418 g/mol. The Labute approximate surface area is 168 Å². The second-order valence-electron chi connectivity index (χ2n) is 6.69. The van der Waals surface area contributed by atoms with E-state index in [9.17, 15) is 22.0 Å². The Morgan fingerprint density at radius 3 is 2.41 bits per heavy atom. The van der Waals surface area contributed by atoms with E-state index < -0.39 is 33.6 Å². The molecule has 3 aromatic carbocycles. The molecule has 0 aliphatic heterocycles. The van der Waals surface area contributed by atoms with Gasteiger partial charge in [0, 0.05) is 12.6 Å². The Hall–Kier alpha value is -3.00. The smallest absolute Gasteiger partial charge is 0.243 e. The molecule has 0 spiro atoms. The molecule has 1 N–H and O–H groups in total. The summed E-state index contributed by atoms with van der Waals surface area (Å²) in [5, 5.41) is 4.72. The molecule has 0 fully saturated rings. The lowest BCUT2D eigenvalue weighted by Crippen LogP contribution is -2.47. The summed E-state index contributed by atoms with van der Waals surface area (Å²) in [6.45, 7) is 1.58. The minimum absolute atomic E-state index is 0.126. The van der Waals surface area contributed by atoms with E-state index in [-0.39, 0.29) is 12.2 Å². The third-order valence-electron chi connectivity index (χ3n) is 4.58. The third-order valence-corrected chi connectivity index (χ3v) is 5.82. The highest BCUT2D eigenvalue weighted by Crippen LogP contribution is 2.23. The summed E-state index contributed by atoms with van der Waals surface area (Å²) in [6, 6.07) is 14.9. The van der Waals surface area contributed by atoms with E-state index in [1.54, 1.807) is 0 Å². The van der Waals surface area contributed by atoms with Crippen LogP contribution in [0.25, 0.3) is 10.8 Å². The molecule has 0 radical (unpaired) electrons. The van der Waals surface area contributed by atoms with Crippen LogP contribution in [-0.4, -0.2) is 26.6 Å². The maximum atomic E-state index is 13.6. The number of carbonyl (C=O) groups is 1. The predicted octanol–water partition coefficient (Wildman–Crippen LogP) is 3.59. The van der Waals surface area contributed by atoms with Crippen molar-refractivity contribution in [2.45, 2.75) is 19.5 Å². The van der Waals surface area contributed by atoms with Gasteiger partial charge in [0.25, 0.3) is 0 Å². The quantitative estimate of drug-likeness (QED) is 0.665. The number of nitrogens with zero attached hydrogens (tertiary/aromatic N) is 1. The number of sulfonamides is 1. The van der Waals surface area contributed by atoms with Crippen LogP contribution in [0.2, 0.25) is 0 Å². The number of fused-ring (bicyclic) bond motifs is 1. The number of benzene rings is 3. The Bertz CT molecular complexity index is 1160. The first-order valence-corrected chi connectivity index (χ1v) is 10.7. The fourth-order valence-electron chi connectivity index (χ4n) is 3.21. The molecule has 1 amide bonds. The van der Waals surface area contributed by atoms with E-state index in [0.717, 1.165) is 45.1 Å². The van der Waals surface area contributed by atoms with Crippen LogP contribution in [0.15, 0.2) is 60.7 Å². The summed E-state index contributed by atoms with van der Waals surface area (Å²) < 4.78 is 52.1. The second-order valence-corrected chi connectivity index (χ2v) is 8.55. The fraction of sp³-hybridized carbons (Fsp3) is 0.190. The number of rotatable bonds is 6. The number of hydrogen-bond donors (Lipinski definition) is 1. The van der Waals surface area contributed by atoms with Gasteiger partial charge >= 0.3 is 0 Å². The number of halogens is 2. The molecule has 5 nitrogen and oxygen atoms in total. The van der Waals surface area contributed by atoms with Crippen molar-refractivity contribution in [3.63, 3.8) is 0 Å². The lowest BCUT2D eigenvalue weighted by molar-refractivity contribution is -0.122. The lowest BCUT2D eigenvalue weighted by Gasteiger charge is -2.28. The van der Waals surface area contributed by atoms with Gasteiger partial charge in [0.15, 0.2) is 11.6 Å². The van der Waals surface area contributed by atoms with Gasteiger partial charge in [-0.05, 0) is 35.4 Å². The Balaban J connectivity index is 1.83. The highest BCUT2D eigenvalue weighted by molar-refractivity contribution is 7.92. The van der Waals surface area contributed by atoms with Crippen LogP contribution in [0, 0.1) is 11.6 Å². The van der Waals surface area contributed by atoms with Crippen molar-refractivity contribution in [2.75, 3.05) is 10.6 Å². The normalized spacial score (nSPS) is 12.6. The molecule has 0 saturated carbocycles. The fourth-order valence-corrected chi connectivity index (χ4v) is 4.37. The van der Waals surface area contributed by atoms with Crippen molar-refractivity contribution in [1.29, 1.82) is 0 Å². The number of nitrogens with one attached hydrogen (secondary N) is 1. The molecule has 3 aromatic rings. The summed E-state index contributed by atoms with van der Waals surface area (Å²) in [7, 11) is -3.93. The van der Waals surface area contributed by atoms with Gasteiger partial charge in [0.05, 0.1) is 11.9 Å². The summed E-state index contributed by atoms with van der Waals surface area (Å²) in [4.78, 5) is 12.7. The Kier molecular flexibility index (Phi) is 5.83. The van der Waals surface area contributed by atoms with Crippen molar-refractivity contribution in [1.82, 2.24) is 5.32 Å². The summed E-state index contributed by atoms with van der Waals surface area (Å²) >= 11 is 0. The number of anilines is 1. The van der Waals surface area contributed by atoms with Crippen LogP contribution < -0.4 is 9.62 Å². The summed E-state index contributed by atoms with van der Waals surface area (Å²) in [5.74, 6) is -2.86. The summed E-state index contributed by atoms with van der Waals surface area (Å²) in [5.41, 5.74) is 0.751. The standard InChI is InChI=1S/C21H20F2N2O3S/c1-14(25(29(2,27)28)17-10-11-19(22)20(23)12-17)21(26)24-13-16-8-5-7-15-6-3-4-9-18(15)16/h3-12,14H,13H2,1-2H3,(H,24,26)/t14-/m0/s1. The zero-order valence-electron chi connectivity index (χ0n) is 15.9. The molecule has 0 bridgehead atoms. The van der Waals surface area contributed by atoms with Crippen LogP contribution in [0.3, 0.4) is 0 Å². The molecular weight excluding hydrogens is 398 g/mol. The van der Waals surface area contributed by atoms with Gasteiger partial charge in [0.2, 0.25) is 15.9 Å². The minimum atomic E-state index is -3.93. The molecular formula is C21H20F2N2O3S. The van der Waals surface area contributed by atoms with Gasteiger partial charge in [0.1, 0.15) is 6.04 Å². The number of carbonyl (C=O) groups excluding carboxylic acids is 1. The average Bonchev–Trinajstić information content (AvgIpc) is 2.67. The zero-order valence-corrected chi connectivity index (χ0v) is 16.7. The molecule has 0 unspecified atom stereocenters. The van der Waals surface area contributed by atoms with E-state index in [1.807, 2.05) is 42.5 Å². The molecule has 0 heterocycles. The molecule has 0 aromatic heterocycles. The van der Waals surface area contributed by atoms with Crippen LogP contribution in [-0.2, 0) is 21.4 Å². The van der Waals surface area contributed by atoms with E-state index in [2.05, 4.69) is 5.32 Å². The molecule has 0 aliphatic carbocycles. The molecule has 0 aliphatic rings. The molecule has 1 atom stereocenters. The number of amides is 1. The van der Waals surface area contributed by atoms with Crippen LogP contribution in [0.4, 0.5) is 14.5 Å². The van der Waals surface area contributed by atoms with E-state index in [1.165, 1.54) is 6.92 Å². The van der Waals surface area contributed by atoms with Crippen molar-refractivity contribution in [3.05, 3.63) is 77.9 Å². The van der Waals surface area contributed by atoms with Crippen molar-refractivity contribution in [3.8, 4) is 0 Å². The predicted molar refractivity (Wildman–Crippen MR) is 109 cm³/mol. The summed E-state index contributed by atoms with van der Waals surface area (Å²) in [6.07, 6.45) is 0.906. The van der Waals surface area contributed by atoms with Crippen LogP contribution >= 0.6 is 0 Å². The largest absolute Gasteiger partial charge is 0.350 e. The maximum Gasteiger partial charge on any atom is 0.243 e. The zero-order chi connectivity index (χ0) is 21.2. The van der Waals surface area contributed by atoms with E-state index in [0.29, 0.717) is 0 Å². The first kappa shape index (κ1) is 20.7. The molecule has 3 rings (SSSR count).